The van der Waals surface area contributed by atoms with Crippen LogP contribution in [0.25, 0.3) is 0 Å². The predicted octanol–water partition coefficient (Wildman–Crippen LogP) is 0.752. The lowest BCUT2D eigenvalue weighted by Crippen LogP contribution is -2.32. The molecular formula is C13H16O5. The van der Waals surface area contributed by atoms with Crippen molar-refractivity contribution in [2.24, 2.45) is 5.41 Å². The number of carbonyl (C=O) groups is 2. The summed E-state index contributed by atoms with van der Waals surface area (Å²) in [5.74, 6) is -1.10. The lowest BCUT2D eigenvalue weighted by atomic mass is 9.78. The van der Waals surface area contributed by atoms with Crippen molar-refractivity contribution in [1.29, 1.82) is 0 Å². The number of aliphatic hydroxyl groups excluding tert-OH is 1. The molecule has 0 spiro atoms. The summed E-state index contributed by atoms with van der Waals surface area (Å²) < 4.78 is 9.27. The smallest absolute Gasteiger partial charge is 0.333 e. The normalized spacial score (nSPS) is 25.6. The molecule has 1 aliphatic rings. The number of rotatable bonds is 4. The molecule has 0 aromatic rings. The molecule has 0 heterocycles. The van der Waals surface area contributed by atoms with Gasteiger partial charge in [0.2, 0.25) is 0 Å². The minimum absolute atomic E-state index is 0.0477. The van der Waals surface area contributed by atoms with Crippen LogP contribution in [0.15, 0.2) is 36.5 Å². The van der Waals surface area contributed by atoms with Crippen molar-refractivity contribution < 1.29 is 24.2 Å². The second-order valence-electron chi connectivity index (χ2n) is 4.01. The Balaban J connectivity index is 2.98. The average Bonchev–Trinajstić information content (AvgIpc) is 2.39. The fourth-order valence-corrected chi connectivity index (χ4v) is 1.75. The molecule has 0 amide bonds. The molecule has 18 heavy (non-hydrogen) atoms. The van der Waals surface area contributed by atoms with E-state index in [0.29, 0.717) is 0 Å². The highest BCUT2D eigenvalue weighted by molar-refractivity contribution is 5.90. The van der Waals surface area contributed by atoms with Crippen LogP contribution in [-0.2, 0) is 19.1 Å². The first kappa shape index (κ1) is 14.2. The van der Waals surface area contributed by atoms with E-state index in [0.717, 1.165) is 0 Å². The van der Waals surface area contributed by atoms with Gasteiger partial charge in [0, 0.05) is 12.0 Å². The number of hydrogen-bond donors (Lipinski definition) is 1. The van der Waals surface area contributed by atoms with E-state index in [1.165, 1.54) is 38.5 Å². The summed E-state index contributed by atoms with van der Waals surface area (Å²) in [6.07, 6.45) is 5.25. The van der Waals surface area contributed by atoms with Gasteiger partial charge in [-0.15, -0.1) is 0 Å². The molecule has 1 N–H and O–H groups in total. The summed E-state index contributed by atoms with van der Waals surface area (Å²) in [7, 11) is 2.51. The maximum absolute atomic E-state index is 11.8. The van der Waals surface area contributed by atoms with E-state index in [-0.39, 0.29) is 12.0 Å². The van der Waals surface area contributed by atoms with Gasteiger partial charge in [-0.25, -0.2) is 4.79 Å². The van der Waals surface area contributed by atoms with Gasteiger partial charge in [0.25, 0.3) is 0 Å². The maximum atomic E-state index is 11.8. The lowest BCUT2D eigenvalue weighted by molar-refractivity contribution is -0.147. The minimum Gasteiger partial charge on any atom is -0.468 e. The molecule has 0 aromatic heterocycles. The highest BCUT2D eigenvalue weighted by Crippen LogP contribution is 2.34. The molecule has 5 nitrogen and oxygen atoms in total. The van der Waals surface area contributed by atoms with E-state index in [4.69, 9.17) is 4.74 Å². The Bertz CT molecular complexity index is 405. The number of hydrogen-bond acceptors (Lipinski definition) is 5. The van der Waals surface area contributed by atoms with Crippen LogP contribution in [0.2, 0.25) is 0 Å². The first-order valence-corrected chi connectivity index (χ1v) is 5.36. The zero-order valence-electron chi connectivity index (χ0n) is 10.4. The standard InChI is InChI=1S/C13H16O5/c1-9(11(15)17-2)8-13(12(16)18-3)6-4-10(14)5-7-13/h4-7,10,14H,1,8H2,2-3H3. The van der Waals surface area contributed by atoms with Crippen LogP contribution in [0.4, 0.5) is 0 Å². The van der Waals surface area contributed by atoms with Crippen LogP contribution in [0.5, 0.6) is 0 Å². The van der Waals surface area contributed by atoms with Gasteiger partial charge in [-0.3, -0.25) is 4.79 Å². The van der Waals surface area contributed by atoms with Crippen LogP contribution >= 0.6 is 0 Å². The molecule has 0 saturated heterocycles. The molecule has 0 aliphatic heterocycles. The Morgan fingerprint density at radius 2 is 1.83 bits per heavy atom. The molecule has 1 rings (SSSR count). The Labute approximate surface area is 105 Å². The van der Waals surface area contributed by atoms with E-state index in [9.17, 15) is 14.7 Å². The largest absolute Gasteiger partial charge is 0.468 e. The van der Waals surface area contributed by atoms with Crippen molar-refractivity contribution in [2.45, 2.75) is 12.5 Å². The topological polar surface area (TPSA) is 72.8 Å². The third kappa shape index (κ3) is 2.87. The van der Waals surface area contributed by atoms with Crippen LogP contribution in [-0.4, -0.2) is 37.4 Å². The Kier molecular flexibility index (Phi) is 4.44. The molecule has 0 radical (unpaired) electrons. The van der Waals surface area contributed by atoms with Crippen molar-refractivity contribution >= 4 is 11.9 Å². The zero-order valence-corrected chi connectivity index (χ0v) is 10.4. The molecule has 5 heteroatoms. The molecule has 0 aromatic carbocycles. The van der Waals surface area contributed by atoms with E-state index in [1.54, 1.807) is 0 Å². The van der Waals surface area contributed by atoms with Crippen molar-refractivity contribution in [3.05, 3.63) is 36.5 Å². The van der Waals surface area contributed by atoms with Gasteiger partial charge in [-0.2, -0.15) is 0 Å². The van der Waals surface area contributed by atoms with Crippen molar-refractivity contribution in [2.75, 3.05) is 14.2 Å². The summed E-state index contributed by atoms with van der Waals surface area (Å²) in [5, 5.41) is 9.35. The predicted molar refractivity (Wildman–Crippen MR) is 64.5 cm³/mol. The minimum atomic E-state index is -1.11. The summed E-state index contributed by atoms with van der Waals surface area (Å²) in [6, 6.07) is 0. The summed E-state index contributed by atoms with van der Waals surface area (Å²) in [4.78, 5) is 23.2. The third-order valence-electron chi connectivity index (χ3n) is 2.73. The number of ether oxygens (including phenoxy) is 2. The Morgan fingerprint density at radius 3 is 2.28 bits per heavy atom. The van der Waals surface area contributed by atoms with Gasteiger partial charge in [-0.05, 0) is 0 Å². The second kappa shape index (κ2) is 5.64. The quantitative estimate of drug-likeness (QED) is 0.454. The molecule has 1 aliphatic carbocycles. The van der Waals surface area contributed by atoms with Crippen LogP contribution in [0, 0.1) is 5.41 Å². The van der Waals surface area contributed by atoms with E-state index >= 15 is 0 Å². The fourth-order valence-electron chi connectivity index (χ4n) is 1.75. The summed E-state index contributed by atoms with van der Waals surface area (Å²) in [6.45, 7) is 3.59. The Morgan fingerprint density at radius 1 is 1.28 bits per heavy atom. The maximum Gasteiger partial charge on any atom is 0.333 e. The Hall–Kier alpha value is -1.88. The van der Waals surface area contributed by atoms with Gasteiger partial charge >= 0.3 is 11.9 Å². The fraction of sp³-hybridized carbons (Fsp3) is 0.385. The molecule has 0 bridgehead atoms. The zero-order chi connectivity index (χ0) is 13.8. The second-order valence-corrected chi connectivity index (χ2v) is 4.01. The number of esters is 2. The van der Waals surface area contributed by atoms with Gasteiger partial charge in [-0.1, -0.05) is 30.9 Å². The molecule has 98 valence electrons. The highest BCUT2D eigenvalue weighted by atomic mass is 16.5. The first-order valence-electron chi connectivity index (χ1n) is 5.36. The van der Waals surface area contributed by atoms with Crippen LogP contribution in [0.1, 0.15) is 6.42 Å². The van der Waals surface area contributed by atoms with E-state index in [2.05, 4.69) is 11.3 Å². The van der Waals surface area contributed by atoms with Crippen molar-refractivity contribution in [3.63, 3.8) is 0 Å². The first-order chi connectivity index (χ1) is 8.45. The third-order valence-corrected chi connectivity index (χ3v) is 2.73. The molecule has 0 fully saturated rings. The average molecular weight is 252 g/mol. The van der Waals surface area contributed by atoms with Gasteiger partial charge in [0.15, 0.2) is 0 Å². The molecule has 0 atom stereocenters. The van der Waals surface area contributed by atoms with Gasteiger partial charge in [0.05, 0.1) is 20.3 Å². The molecule has 0 unspecified atom stereocenters. The van der Waals surface area contributed by atoms with Gasteiger partial charge in [0.1, 0.15) is 5.41 Å². The van der Waals surface area contributed by atoms with Gasteiger partial charge < -0.3 is 14.6 Å². The van der Waals surface area contributed by atoms with E-state index in [1.807, 2.05) is 0 Å². The van der Waals surface area contributed by atoms with Crippen LogP contribution < -0.4 is 0 Å². The van der Waals surface area contributed by atoms with Crippen molar-refractivity contribution in [3.8, 4) is 0 Å². The SMILES string of the molecule is C=C(CC1(C(=O)OC)C=CC(O)C=C1)C(=O)OC. The van der Waals surface area contributed by atoms with E-state index < -0.39 is 23.5 Å². The lowest BCUT2D eigenvalue weighted by Gasteiger charge is -2.27. The summed E-state index contributed by atoms with van der Waals surface area (Å²) in [5.41, 5.74) is -0.951. The summed E-state index contributed by atoms with van der Waals surface area (Å²) >= 11 is 0. The highest BCUT2D eigenvalue weighted by Gasteiger charge is 2.38. The number of aliphatic hydroxyl groups is 1. The monoisotopic (exact) mass is 252 g/mol. The number of carbonyl (C=O) groups excluding carboxylic acids is 2. The molecular weight excluding hydrogens is 236 g/mol. The molecule has 0 saturated carbocycles. The van der Waals surface area contributed by atoms with Crippen molar-refractivity contribution in [1.82, 2.24) is 0 Å². The van der Waals surface area contributed by atoms with Crippen LogP contribution in [0.3, 0.4) is 0 Å². The number of methoxy groups -OCH3 is 2.